The average Bonchev–Trinajstić information content (AvgIpc) is 2.90. The van der Waals surface area contributed by atoms with Crippen LogP contribution in [-0.2, 0) is 14.3 Å². The molecule has 3 fully saturated rings. The van der Waals surface area contributed by atoms with E-state index < -0.39 is 5.41 Å². The number of rotatable bonds is 3. The molecule has 0 spiro atoms. The van der Waals surface area contributed by atoms with Crippen LogP contribution in [0.2, 0.25) is 0 Å². The van der Waals surface area contributed by atoms with Crippen molar-refractivity contribution >= 4 is 5.97 Å². The molecule has 5 unspecified atom stereocenters. The molecule has 18 heavy (non-hydrogen) atoms. The van der Waals surface area contributed by atoms with Crippen molar-refractivity contribution in [3.63, 3.8) is 0 Å². The summed E-state index contributed by atoms with van der Waals surface area (Å²) in [6.45, 7) is 9.42. The molecule has 0 aromatic carbocycles. The first-order chi connectivity index (χ1) is 8.49. The van der Waals surface area contributed by atoms with Crippen LogP contribution in [0.15, 0.2) is 24.5 Å². The zero-order valence-corrected chi connectivity index (χ0v) is 10.3. The summed E-state index contributed by atoms with van der Waals surface area (Å²) >= 11 is 0. The third-order valence-corrected chi connectivity index (χ3v) is 4.52. The third kappa shape index (κ3) is 1.17. The number of carbonyl (C=O) groups excluding carboxylic acids is 1. The molecule has 94 valence electrons. The maximum absolute atomic E-state index is 11.9. The minimum Gasteiger partial charge on any atom is -0.487 e. The van der Waals surface area contributed by atoms with Crippen LogP contribution in [0.5, 0.6) is 0 Å². The maximum Gasteiger partial charge on any atom is 0.327 e. The van der Waals surface area contributed by atoms with Crippen molar-refractivity contribution < 1.29 is 14.3 Å². The van der Waals surface area contributed by atoms with Crippen molar-refractivity contribution in [2.45, 2.75) is 32.0 Å². The summed E-state index contributed by atoms with van der Waals surface area (Å²) < 4.78 is 11.2. The molecule has 1 heterocycles. The lowest BCUT2D eigenvalue weighted by Gasteiger charge is -2.29. The van der Waals surface area contributed by atoms with E-state index >= 15 is 0 Å². The molecule has 0 radical (unpaired) electrons. The van der Waals surface area contributed by atoms with Gasteiger partial charge in [0.25, 0.3) is 0 Å². The van der Waals surface area contributed by atoms with Crippen LogP contribution in [-0.4, -0.2) is 18.2 Å². The SMILES string of the molecule is C=C(C)C(=C)OC1C2CC3C1OC(=O)C3(C#N)C2. The third-order valence-electron chi connectivity index (χ3n) is 4.52. The van der Waals surface area contributed by atoms with E-state index in [1.54, 1.807) is 0 Å². The highest BCUT2D eigenvalue weighted by Crippen LogP contribution is 2.62. The first-order valence-electron chi connectivity index (χ1n) is 6.13. The Labute approximate surface area is 106 Å². The van der Waals surface area contributed by atoms with Gasteiger partial charge in [-0.15, -0.1) is 0 Å². The van der Waals surface area contributed by atoms with Crippen LogP contribution >= 0.6 is 0 Å². The van der Waals surface area contributed by atoms with E-state index in [2.05, 4.69) is 19.2 Å². The highest BCUT2D eigenvalue weighted by atomic mass is 16.6. The minimum absolute atomic E-state index is 0.0112. The molecule has 0 aromatic rings. The highest BCUT2D eigenvalue weighted by molar-refractivity contribution is 5.84. The van der Waals surface area contributed by atoms with Gasteiger partial charge in [0.15, 0.2) is 5.41 Å². The van der Waals surface area contributed by atoms with Crippen LogP contribution in [0.4, 0.5) is 0 Å². The molecule has 0 aromatic heterocycles. The maximum atomic E-state index is 11.9. The number of carbonyl (C=O) groups is 1. The molecule has 1 saturated heterocycles. The lowest BCUT2D eigenvalue weighted by molar-refractivity contribution is -0.147. The number of nitrogens with zero attached hydrogens (tertiary/aromatic N) is 1. The van der Waals surface area contributed by atoms with E-state index in [0.717, 1.165) is 12.0 Å². The molecular weight excluding hydrogens is 230 g/mol. The number of hydrogen-bond acceptors (Lipinski definition) is 4. The molecule has 2 aliphatic carbocycles. The van der Waals surface area contributed by atoms with Gasteiger partial charge in [-0.2, -0.15) is 5.26 Å². The quantitative estimate of drug-likeness (QED) is 0.433. The fourth-order valence-electron chi connectivity index (χ4n) is 3.55. The smallest absolute Gasteiger partial charge is 0.327 e. The Hall–Kier alpha value is -1.76. The van der Waals surface area contributed by atoms with Gasteiger partial charge < -0.3 is 9.47 Å². The normalized spacial score (nSPS) is 43.4. The topological polar surface area (TPSA) is 59.3 Å². The zero-order chi connectivity index (χ0) is 13.1. The van der Waals surface area contributed by atoms with Crippen LogP contribution in [0, 0.1) is 28.6 Å². The van der Waals surface area contributed by atoms with E-state index in [1.807, 2.05) is 6.92 Å². The van der Waals surface area contributed by atoms with Crippen LogP contribution in [0.1, 0.15) is 19.8 Å². The van der Waals surface area contributed by atoms with Gasteiger partial charge in [0.1, 0.15) is 18.0 Å². The molecule has 2 bridgehead atoms. The largest absolute Gasteiger partial charge is 0.487 e. The first-order valence-corrected chi connectivity index (χ1v) is 6.13. The minimum atomic E-state index is -0.903. The van der Waals surface area contributed by atoms with Gasteiger partial charge in [-0.05, 0) is 25.3 Å². The standard InChI is InChI=1S/C14H15NO3/c1-7(2)8(3)17-11-9-4-10-12(11)18-13(16)14(10,5-9)6-15/h9-12H,1,3-5H2,2H3. The van der Waals surface area contributed by atoms with Gasteiger partial charge in [-0.1, -0.05) is 13.2 Å². The Kier molecular flexibility index (Phi) is 2.13. The average molecular weight is 245 g/mol. The molecule has 4 nitrogen and oxygen atoms in total. The second-order valence-corrected chi connectivity index (χ2v) is 5.55. The van der Waals surface area contributed by atoms with E-state index in [0.29, 0.717) is 12.2 Å². The summed E-state index contributed by atoms with van der Waals surface area (Å²) in [5.74, 6) is 0.373. The second kappa shape index (κ2) is 3.38. The predicted octanol–water partition coefficient (Wildman–Crippen LogP) is 1.94. The Morgan fingerprint density at radius 3 is 2.94 bits per heavy atom. The highest BCUT2D eigenvalue weighted by Gasteiger charge is 2.72. The molecular formula is C14H15NO3. The molecule has 5 atom stereocenters. The fraction of sp³-hybridized carbons (Fsp3) is 0.571. The summed E-state index contributed by atoms with van der Waals surface area (Å²) in [5.41, 5.74) is -0.131. The Morgan fingerprint density at radius 2 is 2.33 bits per heavy atom. The molecule has 3 aliphatic rings. The van der Waals surface area contributed by atoms with Crippen molar-refractivity contribution in [2.75, 3.05) is 0 Å². The molecule has 1 aliphatic heterocycles. The second-order valence-electron chi connectivity index (χ2n) is 5.55. The van der Waals surface area contributed by atoms with Crippen molar-refractivity contribution in [1.82, 2.24) is 0 Å². The number of nitriles is 1. The number of esters is 1. The Bertz CT molecular complexity index is 504. The van der Waals surface area contributed by atoms with Gasteiger partial charge in [0.2, 0.25) is 0 Å². The summed E-state index contributed by atoms with van der Waals surface area (Å²) in [6.07, 6.45) is 0.939. The van der Waals surface area contributed by atoms with Crippen molar-refractivity contribution in [3.05, 3.63) is 24.5 Å². The lowest BCUT2D eigenvalue weighted by Crippen LogP contribution is -2.38. The van der Waals surface area contributed by atoms with Gasteiger partial charge in [-0.3, -0.25) is 4.79 Å². The van der Waals surface area contributed by atoms with Gasteiger partial charge in [0, 0.05) is 11.8 Å². The van der Waals surface area contributed by atoms with Crippen molar-refractivity contribution in [1.29, 1.82) is 5.26 Å². The van der Waals surface area contributed by atoms with Crippen molar-refractivity contribution in [3.8, 4) is 6.07 Å². The summed E-state index contributed by atoms with van der Waals surface area (Å²) in [6, 6.07) is 2.18. The van der Waals surface area contributed by atoms with Crippen molar-refractivity contribution in [2.24, 2.45) is 17.3 Å². The molecule has 3 rings (SSSR count). The fourth-order valence-corrected chi connectivity index (χ4v) is 3.55. The van der Waals surface area contributed by atoms with Gasteiger partial charge in [0.05, 0.1) is 6.07 Å². The number of ether oxygens (including phenoxy) is 2. The number of hydrogen-bond donors (Lipinski definition) is 0. The van der Waals surface area contributed by atoms with Crippen LogP contribution in [0.25, 0.3) is 0 Å². The van der Waals surface area contributed by atoms with Gasteiger partial charge >= 0.3 is 5.97 Å². The van der Waals surface area contributed by atoms with E-state index in [4.69, 9.17) is 9.47 Å². The summed E-state index contributed by atoms with van der Waals surface area (Å²) in [4.78, 5) is 11.9. The zero-order valence-electron chi connectivity index (χ0n) is 10.3. The molecule has 0 N–H and O–H groups in total. The van der Waals surface area contributed by atoms with Gasteiger partial charge in [-0.25, -0.2) is 0 Å². The summed E-state index contributed by atoms with van der Waals surface area (Å²) in [5, 5.41) is 9.27. The first kappa shape index (κ1) is 11.3. The van der Waals surface area contributed by atoms with E-state index in [9.17, 15) is 10.1 Å². The Balaban J connectivity index is 1.85. The van der Waals surface area contributed by atoms with E-state index in [1.165, 1.54) is 0 Å². The van der Waals surface area contributed by atoms with Crippen LogP contribution < -0.4 is 0 Å². The lowest BCUT2D eigenvalue weighted by atomic mass is 9.74. The molecule has 4 heteroatoms. The molecule has 0 amide bonds. The Morgan fingerprint density at radius 1 is 1.61 bits per heavy atom. The van der Waals surface area contributed by atoms with Crippen LogP contribution in [0.3, 0.4) is 0 Å². The van der Waals surface area contributed by atoms with E-state index in [-0.39, 0.29) is 30.0 Å². The number of allylic oxidation sites excluding steroid dienone is 1. The summed E-state index contributed by atoms with van der Waals surface area (Å²) in [7, 11) is 0. The monoisotopic (exact) mass is 245 g/mol. The molecule has 2 saturated carbocycles. The predicted molar refractivity (Wildman–Crippen MR) is 63.0 cm³/mol. The number of fused-ring (bicyclic) bond motifs is 1.